The molecule has 2 aliphatic heterocycles. The molecule has 2 aliphatic rings. The van der Waals surface area contributed by atoms with Gasteiger partial charge < -0.3 is 4.42 Å². The monoisotopic (exact) mass is 306 g/mol. The van der Waals surface area contributed by atoms with Crippen LogP contribution in [0.4, 0.5) is 0 Å². The average Bonchev–Trinajstić information content (AvgIpc) is 2.92. The van der Waals surface area contributed by atoms with Crippen molar-refractivity contribution in [2.75, 3.05) is 0 Å². The van der Waals surface area contributed by atoms with E-state index in [2.05, 4.69) is 54.2 Å². The van der Waals surface area contributed by atoms with E-state index in [0.29, 0.717) is 0 Å². The summed E-state index contributed by atoms with van der Waals surface area (Å²) in [6.07, 6.45) is 7.88. The van der Waals surface area contributed by atoms with Gasteiger partial charge in [0.25, 0.3) is 0 Å². The van der Waals surface area contributed by atoms with Gasteiger partial charge >= 0.3 is 0 Å². The van der Waals surface area contributed by atoms with Gasteiger partial charge in [-0.25, -0.2) is 0 Å². The molecular weight excluding hydrogens is 288 g/mol. The van der Waals surface area contributed by atoms with Crippen molar-refractivity contribution >= 4 is 39.3 Å². The molecule has 2 heteroatoms. The number of rotatable bonds is 1. The van der Waals surface area contributed by atoms with Gasteiger partial charge in [0, 0.05) is 21.3 Å². The van der Waals surface area contributed by atoms with E-state index in [0.717, 1.165) is 21.7 Å². The average molecular weight is 306 g/mol. The molecule has 22 heavy (non-hydrogen) atoms. The van der Waals surface area contributed by atoms with Gasteiger partial charge in [0.15, 0.2) is 0 Å². The Kier molecular flexibility index (Phi) is 2.87. The maximum Gasteiger partial charge on any atom is 0.135 e. The van der Waals surface area contributed by atoms with Crippen molar-refractivity contribution in [2.45, 2.75) is 36.2 Å². The van der Waals surface area contributed by atoms with E-state index in [1.807, 2.05) is 6.07 Å². The molecule has 0 aliphatic carbocycles. The van der Waals surface area contributed by atoms with Gasteiger partial charge in [-0.1, -0.05) is 36.8 Å². The molecule has 2 aromatic carbocycles. The van der Waals surface area contributed by atoms with Crippen molar-refractivity contribution in [2.24, 2.45) is 0 Å². The number of furan rings is 1. The van der Waals surface area contributed by atoms with Gasteiger partial charge in [0.1, 0.15) is 11.2 Å². The van der Waals surface area contributed by atoms with Crippen LogP contribution in [-0.2, 0) is 0 Å². The number of para-hydroxylation sites is 1. The van der Waals surface area contributed by atoms with Crippen LogP contribution in [0.25, 0.3) is 27.5 Å². The molecule has 5 rings (SSSR count). The second-order valence-electron chi connectivity index (χ2n) is 6.43. The summed E-state index contributed by atoms with van der Waals surface area (Å²) in [6.45, 7) is 0. The summed E-state index contributed by atoms with van der Waals surface area (Å²) < 4.78 is 5.95. The van der Waals surface area contributed by atoms with Gasteiger partial charge in [-0.05, 0) is 48.6 Å². The number of thioether (sulfide) groups is 1. The van der Waals surface area contributed by atoms with Gasteiger partial charge in [-0.2, -0.15) is 11.8 Å². The van der Waals surface area contributed by atoms with E-state index < -0.39 is 0 Å². The van der Waals surface area contributed by atoms with Crippen LogP contribution in [0.1, 0.15) is 31.2 Å². The number of hydrogen-bond donors (Lipinski definition) is 0. The summed E-state index contributed by atoms with van der Waals surface area (Å²) in [4.78, 5) is 0. The van der Waals surface area contributed by atoms with E-state index in [9.17, 15) is 0 Å². The van der Waals surface area contributed by atoms with Crippen LogP contribution in [0, 0.1) is 0 Å². The molecule has 1 saturated heterocycles. The molecule has 2 atom stereocenters. The van der Waals surface area contributed by atoms with Gasteiger partial charge in [-0.3, -0.25) is 0 Å². The third-order valence-corrected chi connectivity index (χ3v) is 6.47. The molecule has 1 aromatic heterocycles. The molecule has 2 bridgehead atoms. The highest BCUT2D eigenvalue weighted by atomic mass is 32.2. The molecule has 110 valence electrons. The van der Waals surface area contributed by atoms with Crippen LogP contribution in [-0.4, -0.2) is 10.5 Å². The Morgan fingerprint density at radius 2 is 1.86 bits per heavy atom. The predicted molar refractivity (Wildman–Crippen MR) is 95.3 cm³/mol. The van der Waals surface area contributed by atoms with Crippen molar-refractivity contribution < 1.29 is 4.42 Å². The van der Waals surface area contributed by atoms with E-state index in [-0.39, 0.29) is 0 Å². The summed E-state index contributed by atoms with van der Waals surface area (Å²) in [5, 5.41) is 4.04. The molecule has 0 N–H and O–H groups in total. The van der Waals surface area contributed by atoms with Gasteiger partial charge in [-0.15, -0.1) is 0 Å². The van der Waals surface area contributed by atoms with Gasteiger partial charge in [0.05, 0.1) is 0 Å². The van der Waals surface area contributed by atoms with Crippen LogP contribution >= 0.6 is 11.8 Å². The normalized spacial score (nSPS) is 24.6. The third kappa shape index (κ3) is 2.01. The van der Waals surface area contributed by atoms with Crippen LogP contribution < -0.4 is 0 Å². The minimum absolute atomic E-state index is 0.735. The first kappa shape index (κ1) is 12.8. The molecular formula is C20H18OS. The topological polar surface area (TPSA) is 13.1 Å². The Labute approximate surface area is 134 Å². The lowest BCUT2D eigenvalue weighted by Crippen LogP contribution is -2.21. The van der Waals surface area contributed by atoms with Gasteiger partial charge in [0.2, 0.25) is 0 Å². The summed E-state index contributed by atoms with van der Waals surface area (Å²) in [5.41, 5.74) is 4.91. The zero-order valence-electron chi connectivity index (χ0n) is 12.4. The molecule has 0 spiro atoms. The zero-order valence-corrected chi connectivity index (χ0v) is 13.2. The van der Waals surface area contributed by atoms with Crippen molar-refractivity contribution in [3.8, 4) is 0 Å². The summed E-state index contributed by atoms with van der Waals surface area (Å²) in [7, 11) is 0. The fourth-order valence-corrected chi connectivity index (χ4v) is 5.50. The van der Waals surface area contributed by atoms with E-state index in [1.54, 1.807) is 5.57 Å². The number of hydrogen-bond acceptors (Lipinski definition) is 2. The van der Waals surface area contributed by atoms with E-state index >= 15 is 0 Å². The van der Waals surface area contributed by atoms with Crippen LogP contribution in [0.3, 0.4) is 0 Å². The first-order valence-corrected chi connectivity index (χ1v) is 9.09. The molecule has 3 aromatic rings. The van der Waals surface area contributed by atoms with Crippen molar-refractivity contribution in [1.82, 2.24) is 0 Å². The van der Waals surface area contributed by atoms with Crippen LogP contribution in [0.2, 0.25) is 0 Å². The highest BCUT2D eigenvalue weighted by Crippen LogP contribution is 2.44. The van der Waals surface area contributed by atoms with Crippen molar-refractivity contribution in [1.29, 1.82) is 0 Å². The molecule has 0 saturated carbocycles. The standard InChI is InChI=1S/C20H18OS/c1-2-7-19-17(6-1)18-12-13(8-9-20(18)21-19)14-10-15-4-3-5-16(11-14)22-15/h1-2,6-10,12,15-16H,3-5,11H2. The smallest absolute Gasteiger partial charge is 0.135 e. The lowest BCUT2D eigenvalue weighted by atomic mass is 9.92. The molecule has 3 heterocycles. The number of fused-ring (bicyclic) bond motifs is 5. The quantitative estimate of drug-likeness (QED) is 0.544. The second kappa shape index (κ2) is 4.92. The summed E-state index contributed by atoms with van der Waals surface area (Å²) in [5.74, 6) is 0. The molecule has 0 amide bonds. The minimum atomic E-state index is 0.735. The lowest BCUT2D eigenvalue weighted by Gasteiger charge is -2.33. The fraction of sp³-hybridized carbons (Fsp3) is 0.300. The predicted octanol–water partition coefficient (Wildman–Crippen LogP) is 6.03. The second-order valence-corrected chi connectivity index (χ2v) is 7.98. The Morgan fingerprint density at radius 3 is 2.82 bits per heavy atom. The van der Waals surface area contributed by atoms with Crippen molar-refractivity contribution in [3.05, 3.63) is 54.1 Å². The first-order valence-electron chi connectivity index (χ1n) is 8.15. The van der Waals surface area contributed by atoms with Crippen LogP contribution in [0.15, 0.2) is 53.0 Å². The van der Waals surface area contributed by atoms with Crippen LogP contribution in [0.5, 0.6) is 0 Å². The SMILES string of the molecule is C1=C(c2ccc3oc4ccccc4c3c2)CC2CCCC1S2. The lowest BCUT2D eigenvalue weighted by molar-refractivity contribution is 0.630. The van der Waals surface area contributed by atoms with E-state index in [4.69, 9.17) is 4.42 Å². The maximum atomic E-state index is 5.95. The Bertz CT molecular complexity index is 889. The fourth-order valence-electron chi connectivity index (χ4n) is 3.88. The molecule has 2 unspecified atom stereocenters. The zero-order chi connectivity index (χ0) is 14.5. The Morgan fingerprint density at radius 1 is 0.955 bits per heavy atom. The maximum absolute atomic E-state index is 5.95. The third-order valence-electron chi connectivity index (χ3n) is 4.96. The Balaban J connectivity index is 1.65. The minimum Gasteiger partial charge on any atom is -0.456 e. The van der Waals surface area contributed by atoms with Crippen molar-refractivity contribution in [3.63, 3.8) is 0 Å². The summed E-state index contributed by atoms with van der Waals surface area (Å²) >= 11 is 2.18. The largest absolute Gasteiger partial charge is 0.456 e. The number of allylic oxidation sites excluding steroid dienone is 1. The Hall–Kier alpha value is -1.67. The van der Waals surface area contributed by atoms with E-state index in [1.165, 1.54) is 42.0 Å². The molecule has 1 nitrogen and oxygen atoms in total. The summed E-state index contributed by atoms with van der Waals surface area (Å²) in [6, 6.07) is 15.0. The molecule has 0 radical (unpaired) electrons. The molecule has 1 fully saturated rings. The first-order chi connectivity index (χ1) is 10.9. The highest BCUT2D eigenvalue weighted by molar-refractivity contribution is 8.00. The number of benzene rings is 2. The highest BCUT2D eigenvalue weighted by Gasteiger charge is 2.27.